The molecule has 16 heavy (non-hydrogen) atoms. The molecule has 1 aromatic rings. The van der Waals surface area contributed by atoms with Crippen LogP contribution < -0.4 is 10.5 Å². The fraction of sp³-hybridized carbons (Fsp3) is 0.538. The highest BCUT2D eigenvalue weighted by molar-refractivity contribution is 5.27. The minimum atomic E-state index is 0.591. The summed E-state index contributed by atoms with van der Waals surface area (Å²) in [5, 5.41) is 0. The Morgan fingerprint density at radius 1 is 1.12 bits per heavy atom. The average Bonchev–Trinajstić information content (AvgIpc) is 2.83. The molecule has 0 aromatic heterocycles. The highest BCUT2D eigenvalue weighted by atomic mass is 16.5. The van der Waals surface area contributed by atoms with Crippen molar-refractivity contribution in [2.45, 2.75) is 19.4 Å². The normalized spacial score (nSPS) is 16.6. The van der Waals surface area contributed by atoms with Crippen LogP contribution >= 0.6 is 0 Å². The van der Waals surface area contributed by atoms with E-state index < -0.39 is 0 Å². The third-order valence-electron chi connectivity index (χ3n) is 3.03. The van der Waals surface area contributed by atoms with Gasteiger partial charge in [0.25, 0.3) is 0 Å². The van der Waals surface area contributed by atoms with Gasteiger partial charge in [-0.1, -0.05) is 12.1 Å². The number of likely N-dealkylation sites (tertiary alicyclic amines) is 1. The van der Waals surface area contributed by atoms with Gasteiger partial charge in [0.1, 0.15) is 12.4 Å². The first-order valence-corrected chi connectivity index (χ1v) is 6.02. The Kier molecular flexibility index (Phi) is 4.19. The number of hydrogen-bond acceptors (Lipinski definition) is 3. The van der Waals surface area contributed by atoms with Gasteiger partial charge in [0, 0.05) is 13.1 Å². The second kappa shape index (κ2) is 5.87. The zero-order valence-corrected chi connectivity index (χ0v) is 9.69. The highest BCUT2D eigenvalue weighted by Crippen LogP contribution is 2.12. The minimum absolute atomic E-state index is 0.591. The summed E-state index contributed by atoms with van der Waals surface area (Å²) in [6.45, 7) is 4.87. The van der Waals surface area contributed by atoms with E-state index in [1.54, 1.807) is 0 Å². The first kappa shape index (κ1) is 11.4. The molecular formula is C13H20N2O. The Balaban J connectivity index is 1.71. The summed E-state index contributed by atoms with van der Waals surface area (Å²) in [5.74, 6) is 0.941. The van der Waals surface area contributed by atoms with Crippen LogP contribution in [0.15, 0.2) is 24.3 Å². The first-order valence-electron chi connectivity index (χ1n) is 6.02. The van der Waals surface area contributed by atoms with Crippen molar-refractivity contribution in [3.05, 3.63) is 29.8 Å². The van der Waals surface area contributed by atoms with E-state index in [4.69, 9.17) is 10.5 Å². The first-order chi connectivity index (χ1) is 7.88. The molecule has 1 aliphatic rings. The molecule has 1 heterocycles. The molecule has 0 unspecified atom stereocenters. The average molecular weight is 220 g/mol. The molecule has 1 aliphatic heterocycles. The summed E-state index contributed by atoms with van der Waals surface area (Å²) in [5.41, 5.74) is 6.68. The minimum Gasteiger partial charge on any atom is -0.492 e. The molecule has 2 rings (SSSR count). The lowest BCUT2D eigenvalue weighted by Gasteiger charge is -2.14. The zero-order chi connectivity index (χ0) is 11.2. The maximum Gasteiger partial charge on any atom is 0.119 e. The Hall–Kier alpha value is -1.06. The van der Waals surface area contributed by atoms with Gasteiger partial charge in [-0.05, 0) is 43.6 Å². The fourth-order valence-electron chi connectivity index (χ4n) is 2.02. The molecule has 0 radical (unpaired) electrons. The van der Waals surface area contributed by atoms with Crippen LogP contribution in [0.2, 0.25) is 0 Å². The van der Waals surface area contributed by atoms with Crippen LogP contribution in [0.4, 0.5) is 0 Å². The summed E-state index contributed by atoms with van der Waals surface area (Å²) < 4.78 is 5.68. The van der Waals surface area contributed by atoms with Gasteiger partial charge in [-0.2, -0.15) is 0 Å². The largest absolute Gasteiger partial charge is 0.492 e. The van der Waals surface area contributed by atoms with E-state index >= 15 is 0 Å². The standard InChI is InChI=1S/C13H20N2O/c14-11-12-3-5-13(6-4-12)16-10-9-15-7-1-2-8-15/h3-6H,1-2,7-11,14H2. The number of ether oxygens (including phenoxy) is 1. The maximum absolute atomic E-state index is 5.68. The number of nitrogens with two attached hydrogens (primary N) is 1. The second-order valence-corrected chi connectivity index (χ2v) is 4.25. The Morgan fingerprint density at radius 3 is 2.44 bits per heavy atom. The predicted octanol–water partition coefficient (Wildman–Crippen LogP) is 1.62. The van der Waals surface area contributed by atoms with Crippen molar-refractivity contribution in [3.8, 4) is 5.75 Å². The predicted molar refractivity (Wildman–Crippen MR) is 65.5 cm³/mol. The Bertz CT molecular complexity index is 304. The van der Waals surface area contributed by atoms with E-state index in [0.29, 0.717) is 6.54 Å². The highest BCUT2D eigenvalue weighted by Gasteiger charge is 2.10. The van der Waals surface area contributed by atoms with E-state index in [2.05, 4.69) is 4.90 Å². The molecule has 1 saturated heterocycles. The molecule has 0 bridgehead atoms. The van der Waals surface area contributed by atoms with Crippen molar-refractivity contribution < 1.29 is 4.74 Å². The van der Waals surface area contributed by atoms with Gasteiger partial charge in [0.05, 0.1) is 0 Å². The van der Waals surface area contributed by atoms with Gasteiger partial charge in [-0.3, -0.25) is 4.90 Å². The molecule has 0 atom stereocenters. The third kappa shape index (κ3) is 3.22. The molecule has 0 saturated carbocycles. The van der Waals surface area contributed by atoms with Crippen molar-refractivity contribution in [3.63, 3.8) is 0 Å². The fourth-order valence-corrected chi connectivity index (χ4v) is 2.02. The van der Waals surface area contributed by atoms with Crippen LogP contribution in [0.25, 0.3) is 0 Å². The Labute approximate surface area is 97.2 Å². The number of benzene rings is 1. The lowest BCUT2D eigenvalue weighted by molar-refractivity contribution is 0.238. The molecule has 0 spiro atoms. The molecule has 88 valence electrons. The van der Waals surface area contributed by atoms with Crippen LogP contribution in [0.3, 0.4) is 0 Å². The van der Waals surface area contributed by atoms with E-state index in [-0.39, 0.29) is 0 Å². The third-order valence-corrected chi connectivity index (χ3v) is 3.03. The summed E-state index contributed by atoms with van der Waals surface area (Å²) >= 11 is 0. The lowest BCUT2D eigenvalue weighted by atomic mass is 10.2. The summed E-state index contributed by atoms with van der Waals surface area (Å²) in [7, 11) is 0. The molecule has 0 amide bonds. The van der Waals surface area contributed by atoms with Crippen molar-refractivity contribution in [1.82, 2.24) is 4.90 Å². The topological polar surface area (TPSA) is 38.5 Å². The summed E-state index contributed by atoms with van der Waals surface area (Å²) in [6.07, 6.45) is 2.68. The van der Waals surface area contributed by atoms with E-state index in [1.165, 1.54) is 25.9 Å². The van der Waals surface area contributed by atoms with Crippen LogP contribution in [0.5, 0.6) is 5.75 Å². The van der Waals surface area contributed by atoms with Gasteiger partial charge in [-0.15, -0.1) is 0 Å². The summed E-state index contributed by atoms with van der Waals surface area (Å²) in [6, 6.07) is 8.02. The van der Waals surface area contributed by atoms with Gasteiger partial charge in [-0.25, -0.2) is 0 Å². The number of nitrogens with zero attached hydrogens (tertiary/aromatic N) is 1. The van der Waals surface area contributed by atoms with Crippen molar-refractivity contribution in [1.29, 1.82) is 0 Å². The maximum atomic E-state index is 5.68. The molecular weight excluding hydrogens is 200 g/mol. The van der Waals surface area contributed by atoms with Crippen molar-refractivity contribution in [2.24, 2.45) is 5.73 Å². The second-order valence-electron chi connectivity index (χ2n) is 4.25. The van der Waals surface area contributed by atoms with E-state index in [9.17, 15) is 0 Å². The van der Waals surface area contributed by atoms with Gasteiger partial charge in [0.15, 0.2) is 0 Å². The molecule has 3 heteroatoms. The molecule has 0 aliphatic carbocycles. The summed E-state index contributed by atoms with van der Waals surface area (Å²) in [4.78, 5) is 2.45. The van der Waals surface area contributed by atoms with Crippen LogP contribution in [0.1, 0.15) is 18.4 Å². The van der Waals surface area contributed by atoms with Gasteiger partial charge >= 0.3 is 0 Å². The lowest BCUT2D eigenvalue weighted by Crippen LogP contribution is -2.25. The number of rotatable bonds is 5. The number of hydrogen-bond donors (Lipinski definition) is 1. The van der Waals surface area contributed by atoms with Crippen molar-refractivity contribution >= 4 is 0 Å². The molecule has 3 nitrogen and oxygen atoms in total. The van der Waals surface area contributed by atoms with E-state index in [0.717, 1.165) is 24.5 Å². The SMILES string of the molecule is NCc1ccc(OCCN2CCCC2)cc1. The quantitative estimate of drug-likeness (QED) is 0.819. The van der Waals surface area contributed by atoms with Gasteiger partial charge in [0.2, 0.25) is 0 Å². The monoisotopic (exact) mass is 220 g/mol. The molecule has 1 aromatic carbocycles. The zero-order valence-electron chi connectivity index (χ0n) is 9.69. The molecule has 2 N–H and O–H groups in total. The van der Waals surface area contributed by atoms with Crippen molar-refractivity contribution in [2.75, 3.05) is 26.2 Å². The van der Waals surface area contributed by atoms with Crippen LogP contribution in [-0.4, -0.2) is 31.1 Å². The van der Waals surface area contributed by atoms with Crippen LogP contribution in [-0.2, 0) is 6.54 Å². The Morgan fingerprint density at radius 2 is 1.81 bits per heavy atom. The van der Waals surface area contributed by atoms with Gasteiger partial charge < -0.3 is 10.5 Å². The molecule has 1 fully saturated rings. The van der Waals surface area contributed by atoms with Crippen LogP contribution in [0, 0.1) is 0 Å². The van der Waals surface area contributed by atoms with E-state index in [1.807, 2.05) is 24.3 Å². The smallest absolute Gasteiger partial charge is 0.119 e.